The molecule has 0 atom stereocenters. The predicted molar refractivity (Wildman–Crippen MR) is 90.3 cm³/mol. The van der Waals surface area contributed by atoms with Gasteiger partial charge in [-0.3, -0.25) is 0 Å². The third kappa shape index (κ3) is 3.70. The van der Waals surface area contributed by atoms with E-state index < -0.39 is 5.97 Å². The number of thiazole rings is 1. The lowest BCUT2D eigenvalue weighted by Crippen LogP contribution is -1.97. The van der Waals surface area contributed by atoms with Crippen molar-refractivity contribution >= 4 is 28.9 Å². The molecule has 0 unspecified atom stereocenters. The van der Waals surface area contributed by atoms with E-state index in [0.29, 0.717) is 22.4 Å². The zero-order valence-electron chi connectivity index (χ0n) is 11.9. The SMILES string of the molecule is O=C(O)c1csc(-c2cccc(COc3ccccc3Cl)c2)n1. The van der Waals surface area contributed by atoms with E-state index in [4.69, 9.17) is 21.4 Å². The number of hydrogen-bond acceptors (Lipinski definition) is 4. The maximum atomic E-state index is 10.9. The second-order valence-electron chi connectivity index (χ2n) is 4.76. The van der Waals surface area contributed by atoms with Gasteiger partial charge in [-0.2, -0.15) is 0 Å². The molecule has 116 valence electrons. The van der Waals surface area contributed by atoms with Gasteiger partial charge in [-0.05, 0) is 23.8 Å². The van der Waals surface area contributed by atoms with E-state index in [9.17, 15) is 4.79 Å². The fourth-order valence-electron chi connectivity index (χ4n) is 2.02. The highest BCUT2D eigenvalue weighted by atomic mass is 35.5. The largest absolute Gasteiger partial charge is 0.487 e. The topological polar surface area (TPSA) is 59.4 Å². The molecule has 0 amide bonds. The minimum absolute atomic E-state index is 0.0581. The van der Waals surface area contributed by atoms with Gasteiger partial charge in [0, 0.05) is 10.9 Å². The van der Waals surface area contributed by atoms with Gasteiger partial charge in [0.2, 0.25) is 0 Å². The van der Waals surface area contributed by atoms with Crippen molar-refractivity contribution in [2.24, 2.45) is 0 Å². The Morgan fingerprint density at radius 2 is 2.04 bits per heavy atom. The molecule has 0 saturated carbocycles. The van der Waals surface area contributed by atoms with Gasteiger partial charge in [-0.15, -0.1) is 11.3 Å². The summed E-state index contributed by atoms with van der Waals surface area (Å²) in [6.07, 6.45) is 0. The first kappa shape index (κ1) is 15.5. The Hall–Kier alpha value is -2.37. The van der Waals surface area contributed by atoms with Crippen LogP contribution in [0.25, 0.3) is 10.6 Å². The molecule has 1 heterocycles. The fraction of sp³-hybridized carbons (Fsp3) is 0.0588. The number of carboxylic acids is 1. The Labute approximate surface area is 142 Å². The average Bonchev–Trinajstić information content (AvgIpc) is 3.05. The van der Waals surface area contributed by atoms with Crippen LogP contribution in [0, 0.1) is 0 Å². The number of benzene rings is 2. The number of halogens is 1. The van der Waals surface area contributed by atoms with Crippen LogP contribution in [0.2, 0.25) is 5.02 Å². The fourth-order valence-corrected chi connectivity index (χ4v) is 3.00. The lowest BCUT2D eigenvalue weighted by atomic mass is 10.1. The van der Waals surface area contributed by atoms with Crippen LogP contribution < -0.4 is 4.74 Å². The maximum Gasteiger partial charge on any atom is 0.355 e. The minimum Gasteiger partial charge on any atom is -0.487 e. The van der Waals surface area contributed by atoms with Crippen LogP contribution in [0.15, 0.2) is 53.9 Å². The Morgan fingerprint density at radius 1 is 1.22 bits per heavy atom. The van der Waals surface area contributed by atoms with Gasteiger partial charge in [0.25, 0.3) is 0 Å². The Balaban J connectivity index is 1.77. The lowest BCUT2D eigenvalue weighted by molar-refractivity contribution is 0.0691. The van der Waals surface area contributed by atoms with Crippen molar-refractivity contribution in [1.29, 1.82) is 0 Å². The van der Waals surface area contributed by atoms with Gasteiger partial charge >= 0.3 is 5.97 Å². The molecule has 0 bridgehead atoms. The quantitative estimate of drug-likeness (QED) is 0.725. The van der Waals surface area contributed by atoms with Gasteiger partial charge in [-0.1, -0.05) is 41.9 Å². The van der Waals surface area contributed by atoms with Crippen molar-refractivity contribution in [3.05, 3.63) is 70.2 Å². The number of carbonyl (C=O) groups is 1. The maximum absolute atomic E-state index is 10.9. The molecular formula is C17H12ClNO3S. The number of carboxylic acid groups (broad SMARTS) is 1. The summed E-state index contributed by atoms with van der Waals surface area (Å²) in [5.74, 6) is -0.396. The number of rotatable bonds is 5. The molecule has 0 fully saturated rings. The first-order valence-electron chi connectivity index (χ1n) is 6.79. The first-order chi connectivity index (χ1) is 11.1. The summed E-state index contributed by atoms with van der Waals surface area (Å²) in [5, 5.41) is 11.7. The third-order valence-electron chi connectivity index (χ3n) is 3.13. The van der Waals surface area contributed by atoms with Crippen molar-refractivity contribution < 1.29 is 14.6 Å². The van der Waals surface area contributed by atoms with Gasteiger partial charge in [0.15, 0.2) is 5.69 Å². The molecule has 3 aromatic rings. The van der Waals surface area contributed by atoms with Crippen LogP contribution in [0.1, 0.15) is 16.1 Å². The van der Waals surface area contributed by atoms with Crippen molar-refractivity contribution in [2.45, 2.75) is 6.61 Å². The molecule has 0 saturated heterocycles. The van der Waals surface area contributed by atoms with E-state index in [-0.39, 0.29) is 5.69 Å². The van der Waals surface area contributed by atoms with E-state index >= 15 is 0 Å². The van der Waals surface area contributed by atoms with Gasteiger partial charge < -0.3 is 9.84 Å². The molecule has 1 aromatic heterocycles. The first-order valence-corrected chi connectivity index (χ1v) is 8.05. The average molecular weight is 346 g/mol. The molecule has 6 heteroatoms. The van der Waals surface area contributed by atoms with Crippen molar-refractivity contribution in [3.8, 4) is 16.3 Å². The highest BCUT2D eigenvalue weighted by Crippen LogP contribution is 2.27. The summed E-state index contributed by atoms with van der Waals surface area (Å²) < 4.78 is 5.71. The third-order valence-corrected chi connectivity index (χ3v) is 4.33. The summed E-state index contributed by atoms with van der Waals surface area (Å²) in [4.78, 5) is 15.0. The number of para-hydroxylation sites is 1. The molecule has 0 aliphatic carbocycles. The van der Waals surface area contributed by atoms with Crippen molar-refractivity contribution in [3.63, 3.8) is 0 Å². The van der Waals surface area contributed by atoms with Crippen LogP contribution in [0.5, 0.6) is 5.75 Å². The van der Waals surface area contributed by atoms with E-state index in [0.717, 1.165) is 11.1 Å². The van der Waals surface area contributed by atoms with Crippen LogP contribution >= 0.6 is 22.9 Å². The smallest absolute Gasteiger partial charge is 0.355 e. The summed E-state index contributed by atoms with van der Waals surface area (Å²) in [6.45, 7) is 0.370. The van der Waals surface area contributed by atoms with E-state index in [2.05, 4.69) is 4.98 Å². The lowest BCUT2D eigenvalue weighted by Gasteiger charge is -2.08. The van der Waals surface area contributed by atoms with Crippen molar-refractivity contribution in [2.75, 3.05) is 0 Å². The molecular weight excluding hydrogens is 334 g/mol. The van der Waals surface area contributed by atoms with E-state index in [1.165, 1.54) is 16.7 Å². The van der Waals surface area contributed by atoms with E-state index in [1.807, 2.05) is 42.5 Å². The minimum atomic E-state index is -1.02. The molecule has 0 aliphatic heterocycles. The van der Waals surface area contributed by atoms with Crippen LogP contribution in [0.4, 0.5) is 0 Å². The molecule has 1 N–H and O–H groups in total. The molecule has 4 nitrogen and oxygen atoms in total. The van der Waals surface area contributed by atoms with E-state index in [1.54, 1.807) is 6.07 Å². The Bertz CT molecular complexity index is 847. The molecule has 23 heavy (non-hydrogen) atoms. The van der Waals surface area contributed by atoms with Crippen LogP contribution in [0.3, 0.4) is 0 Å². The van der Waals surface area contributed by atoms with Gasteiger partial charge in [0.05, 0.1) is 5.02 Å². The monoisotopic (exact) mass is 345 g/mol. The van der Waals surface area contributed by atoms with Crippen LogP contribution in [-0.2, 0) is 6.61 Å². The summed E-state index contributed by atoms with van der Waals surface area (Å²) in [7, 11) is 0. The van der Waals surface area contributed by atoms with Gasteiger partial charge in [0.1, 0.15) is 17.4 Å². The highest BCUT2D eigenvalue weighted by Gasteiger charge is 2.10. The number of nitrogens with zero attached hydrogens (tertiary/aromatic N) is 1. The Morgan fingerprint density at radius 3 is 2.78 bits per heavy atom. The zero-order valence-corrected chi connectivity index (χ0v) is 13.5. The second kappa shape index (κ2) is 6.81. The second-order valence-corrected chi connectivity index (χ2v) is 6.03. The summed E-state index contributed by atoms with van der Waals surface area (Å²) in [6, 6.07) is 14.9. The van der Waals surface area contributed by atoms with Gasteiger partial charge in [-0.25, -0.2) is 9.78 Å². The number of aromatic nitrogens is 1. The normalized spacial score (nSPS) is 10.5. The predicted octanol–water partition coefficient (Wildman–Crippen LogP) is 4.74. The van der Waals surface area contributed by atoms with Crippen LogP contribution in [-0.4, -0.2) is 16.1 Å². The summed E-state index contributed by atoms with van der Waals surface area (Å²) in [5.41, 5.74) is 1.87. The zero-order chi connectivity index (χ0) is 16.2. The number of hydrogen-bond donors (Lipinski definition) is 1. The molecule has 2 aromatic carbocycles. The highest BCUT2D eigenvalue weighted by molar-refractivity contribution is 7.13. The van der Waals surface area contributed by atoms with Crippen molar-refractivity contribution in [1.82, 2.24) is 4.98 Å². The number of ether oxygens (including phenoxy) is 1. The molecule has 0 aliphatic rings. The molecule has 0 spiro atoms. The Kier molecular flexibility index (Phi) is 4.60. The number of aromatic carboxylic acids is 1. The molecule has 3 rings (SSSR count). The standard InChI is InChI=1S/C17H12ClNO3S/c18-13-6-1-2-7-15(13)22-9-11-4-3-5-12(8-11)16-19-14(10-23-16)17(20)21/h1-8,10H,9H2,(H,20,21). The molecule has 0 radical (unpaired) electrons. The summed E-state index contributed by atoms with van der Waals surface area (Å²) >= 11 is 7.36.